The average Bonchev–Trinajstić information content (AvgIpc) is 2.48. The number of benzene rings is 1. The number of halogens is 1. The van der Waals surface area contributed by atoms with E-state index in [1.165, 1.54) is 5.56 Å². The van der Waals surface area contributed by atoms with Gasteiger partial charge in [-0.05, 0) is 24.1 Å². The summed E-state index contributed by atoms with van der Waals surface area (Å²) in [6.45, 7) is 8.81. The van der Waals surface area contributed by atoms with Gasteiger partial charge in [0.2, 0.25) is 0 Å². The number of methoxy groups -OCH3 is 1. The van der Waals surface area contributed by atoms with E-state index in [1.807, 2.05) is 12.1 Å². The van der Waals surface area contributed by atoms with Crippen LogP contribution in [-0.4, -0.2) is 38.2 Å². The van der Waals surface area contributed by atoms with E-state index in [0.29, 0.717) is 12.0 Å². The molecule has 2 rings (SSSR count). The molecule has 1 aromatic carbocycles. The van der Waals surface area contributed by atoms with Gasteiger partial charge in [0.25, 0.3) is 0 Å². The van der Waals surface area contributed by atoms with Gasteiger partial charge in [0.05, 0.1) is 7.11 Å². The molecule has 1 fully saturated rings. The smallest absolute Gasteiger partial charge is 0.123 e. The van der Waals surface area contributed by atoms with Gasteiger partial charge in [-0.2, -0.15) is 0 Å². The van der Waals surface area contributed by atoms with E-state index >= 15 is 0 Å². The second-order valence-electron chi connectivity index (χ2n) is 5.50. The SMILES string of the molecule is CCC(C)[C@@H](c1cc(Cl)ccc1OC)N1CCNCC1. The highest BCUT2D eigenvalue weighted by Crippen LogP contribution is 2.37. The van der Waals surface area contributed by atoms with Gasteiger partial charge < -0.3 is 10.1 Å². The second-order valence-corrected chi connectivity index (χ2v) is 5.94. The Morgan fingerprint density at radius 2 is 2.05 bits per heavy atom. The lowest BCUT2D eigenvalue weighted by Crippen LogP contribution is -2.46. The number of hydrogen-bond donors (Lipinski definition) is 1. The summed E-state index contributed by atoms with van der Waals surface area (Å²) in [4.78, 5) is 2.55. The standard InChI is InChI=1S/C16H25ClN2O/c1-4-12(2)16(19-9-7-18-8-10-19)14-11-13(17)5-6-15(14)20-3/h5-6,11-12,16,18H,4,7-10H2,1-3H3/t12?,16-/m0/s1. The van der Waals surface area contributed by atoms with Gasteiger partial charge in [-0.1, -0.05) is 31.9 Å². The first-order valence-electron chi connectivity index (χ1n) is 7.45. The molecule has 0 aromatic heterocycles. The van der Waals surface area contributed by atoms with Crippen LogP contribution in [0.1, 0.15) is 31.9 Å². The highest BCUT2D eigenvalue weighted by Gasteiger charge is 2.28. The van der Waals surface area contributed by atoms with Gasteiger partial charge >= 0.3 is 0 Å². The third kappa shape index (κ3) is 3.46. The van der Waals surface area contributed by atoms with E-state index in [9.17, 15) is 0 Å². The lowest BCUT2D eigenvalue weighted by molar-refractivity contribution is 0.126. The molecular weight excluding hydrogens is 272 g/mol. The van der Waals surface area contributed by atoms with Crippen LogP contribution in [0, 0.1) is 5.92 Å². The monoisotopic (exact) mass is 296 g/mol. The molecule has 1 N–H and O–H groups in total. The Bertz CT molecular complexity index is 432. The molecule has 1 aliphatic rings. The molecule has 1 heterocycles. The fourth-order valence-corrected chi connectivity index (χ4v) is 3.16. The molecule has 3 nitrogen and oxygen atoms in total. The van der Waals surface area contributed by atoms with E-state index in [1.54, 1.807) is 7.11 Å². The molecule has 0 spiro atoms. The number of ether oxygens (including phenoxy) is 1. The first-order valence-corrected chi connectivity index (χ1v) is 7.83. The van der Waals surface area contributed by atoms with E-state index in [-0.39, 0.29) is 0 Å². The zero-order valence-electron chi connectivity index (χ0n) is 12.7. The van der Waals surface area contributed by atoms with E-state index in [4.69, 9.17) is 16.3 Å². The van der Waals surface area contributed by atoms with Gasteiger partial charge in [-0.3, -0.25) is 4.90 Å². The van der Waals surface area contributed by atoms with Crippen molar-refractivity contribution in [2.45, 2.75) is 26.3 Å². The number of nitrogens with zero attached hydrogens (tertiary/aromatic N) is 1. The largest absolute Gasteiger partial charge is 0.496 e. The summed E-state index contributed by atoms with van der Waals surface area (Å²) in [6, 6.07) is 6.32. The van der Waals surface area contributed by atoms with Crippen LogP contribution in [0.3, 0.4) is 0 Å². The predicted octanol–water partition coefficient (Wildman–Crippen LogP) is 3.34. The quantitative estimate of drug-likeness (QED) is 0.902. The lowest BCUT2D eigenvalue weighted by atomic mass is 9.90. The van der Waals surface area contributed by atoms with Crippen molar-refractivity contribution in [3.63, 3.8) is 0 Å². The zero-order chi connectivity index (χ0) is 14.5. The Morgan fingerprint density at radius 3 is 2.65 bits per heavy atom. The predicted molar refractivity (Wildman–Crippen MR) is 84.6 cm³/mol. The zero-order valence-corrected chi connectivity index (χ0v) is 13.4. The normalized spacial score (nSPS) is 19.6. The number of piperazine rings is 1. The Labute approximate surface area is 127 Å². The molecule has 1 saturated heterocycles. The van der Waals surface area contributed by atoms with Gasteiger partial charge in [0, 0.05) is 42.8 Å². The number of rotatable bonds is 5. The van der Waals surface area contributed by atoms with Crippen LogP contribution in [0.4, 0.5) is 0 Å². The van der Waals surface area contributed by atoms with E-state index < -0.39 is 0 Å². The van der Waals surface area contributed by atoms with Crippen molar-refractivity contribution < 1.29 is 4.74 Å². The molecular formula is C16H25ClN2O. The minimum atomic E-state index is 0.371. The fourth-order valence-electron chi connectivity index (χ4n) is 2.98. The summed E-state index contributed by atoms with van der Waals surface area (Å²) in [5.74, 6) is 1.51. The van der Waals surface area contributed by atoms with Crippen molar-refractivity contribution in [2.75, 3.05) is 33.3 Å². The molecule has 112 valence electrons. The van der Waals surface area contributed by atoms with Crippen molar-refractivity contribution in [3.8, 4) is 5.75 Å². The molecule has 0 saturated carbocycles. The maximum Gasteiger partial charge on any atom is 0.123 e. The lowest BCUT2D eigenvalue weighted by Gasteiger charge is -2.39. The van der Waals surface area contributed by atoms with Crippen molar-refractivity contribution >= 4 is 11.6 Å². The van der Waals surface area contributed by atoms with Crippen molar-refractivity contribution in [1.82, 2.24) is 10.2 Å². The van der Waals surface area contributed by atoms with Crippen molar-refractivity contribution in [3.05, 3.63) is 28.8 Å². The van der Waals surface area contributed by atoms with Crippen LogP contribution in [0.25, 0.3) is 0 Å². The van der Waals surface area contributed by atoms with Crippen LogP contribution in [0.15, 0.2) is 18.2 Å². The summed E-state index contributed by atoms with van der Waals surface area (Å²) in [5, 5.41) is 4.20. The Morgan fingerprint density at radius 1 is 1.35 bits per heavy atom. The minimum absolute atomic E-state index is 0.371. The average molecular weight is 297 g/mol. The summed E-state index contributed by atoms with van der Waals surface area (Å²) >= 11 is 6.22. The first-order chi connectivity index (χ1) is 9.67. The van der Waals surface area contributed by atoms with E-state index in [0.717, 1.165) is 43.4 Å². The van der Waals surface area contributed by atoms with Crippen molar-refractivity contribution in [1.29, 1.82) is 0 Å². The molecule has 1 aliphatic heterocycles. The Kier molecular flexibility index (Phi) is 5.70. The van der Waals surface area contributed by atoms with Gasteiger partial charge in [-0.15, -0.1) is 0 Å². The van der Waals surface area contributed by atoms with Crippen LogP contribution < -0.4 is 10.1 Å². The topological polar surface area (TPSA) is 24.5 Å². The third-order valence-corrected chi connectivity index (χ3v) is 4.47. The Hall–Kier alpha value is -0.770. The summed E-state index contributed by atoms with van der Waals surface area (Å²) in [7, 11) is 1.73. The highest BCUT2D eigenvalue weighted by molar-refractivity contribution is 6.30. The molecule has 0 aliphatic carbocycles. The summed E-state index contributed by atoms with van der Waals surface area (Å²) < 4.78 is 5.57. The van der Waals surface area contributed by atoms with Crippen LogP contribution in [0.5, 0.6) is 5.75 Å². The summed E-state index contributed by atoms with van der Waals surface area (Å²) in [5.41, 5.74) is 1.22. The molecule has 20 heavy (non-hydrogen) atoms. The van der Waals surface area contributed by atoms with Gasteiger partial charge in [0.1, 0.15) is 5.75 Å². The maximum atomic E-state index is 6.22. The van der Waals surface area contributed by atoms with Gasteiger partial charge in [-0.25, -0.2) is 0 Å². The fraction of sp³-hybridized carbons (Fsp3) is 0.625. The highest BCUT2D eigenvalue weighted by atomic mass is 35.5. The summed E-state index contributed by atoms with van der Waals surface area (Å²) in [6.07, 6.45) is 1.14. The first kappa shape index (κ1) is 15.6. The molecule has 0 bridgehead atoms. The Balaban J connectivity index is 2.37. The molecule has 0 radical (unpaired) electrons. The second kappa shape index (κ2) is 7.30. The minimum Gasteiger partial charge on any atom is -0.496 e. The van der Waals surface area contributed by atoms with Crippen molar-refractivity contribution in [2.24, 2.45) is 5.92 Å². The van der Waals surface area contributed by atoms with Crippen LogP contribution in [-0.2, 0) is 0 Å². The molecule has 0 amide bonds. The maximum absolute atomic E-state index is 6.22. The molecule has 4 heteroatoms. The number of hydrogen-bond acceptors (Lipinski definition) is 3. The third-order valence-electron chi connectivity index (χ3n) is 4.24. The molecule has 2 atom stereocenters. The van der Waals surface area contributed by atoms with Gasteiger partial charge in [0.15, 0.2) is 0 Å². The number of nitrogens with one attached hydrogen (secondary N) is 1. The van der Waals surface area contributed by atoms with Crippen LogP contribution >= 0.6 is 11.6 Å². The van der Waals surface area contributed by atoms with Crippen LogP contribution in [0.2, 0.25) is 5.02 Å². The molecule has 1 unspecified atom stereocenters. The molecule has 1 aromatic rings. The van der Waals surface area contributed by atoms with E-state index in [2.05, 4.69) is 30.1 Å².